The number of halogens is 1. The molecule has 5 heteroatoms. The van der Waals surface area contributed by atoms with Gasteiger partial charge in [0.25, 0.3) is 0 Å². The molecule has 1 aromatic rings. The molecule has 16 heavy (non-hydrogen) atoms. The van der Waals surface area contributed by atoms with Crippen LogP contribution in [-0.4, -0.2) is 22.7 Å². The minimum absolute atomic E-state index is 0.0341. The molecular weight excluding hydrogens is 213 g/mol. The third kappa shape index (κ3) is 2.30. The molecule has 1 rings (SSSR count). The minimum atomic E-state index is -1.18. The topological polar surface area (TPSA) is 83.5 Å². The second-order valence-corrected chi connectivity index (χ2v) is 3.50. The van der Waals surface area contributed by atoms with Crippen molar-refractivity contribution < 1.29 is 19.4 Å². The number of rotatable bonds is 4. The summed E-state index contributed by atoms with van der Waals surface area (Å²) in [6.45, 7) is 1.63. The predicted molar refractivity (Wildman–Crippen MR) is 56.9 cm³/mol. The third-order valence-electron chi connectivity index (χ3n) is 2.47. The lowest BCUT2D eigenvalue weighted by molar-refractivity contribution is -0.138. The number of carboxylic acids is 1. The van der Waals surface area contributed by atoms with Gasteiger partial charge in [0.05, 0.1) is 5.92 Å². The van der Waals surface area contributed by atoms with E-state index >= 15 is 0 Å². The number of carbonyl (C=O) groups is 1. The number of hydrogen-bond donors (Lipinski definition) is 3. The Balaban J connectivity index is 3.30. The van der Waals surface area contributed by atoms with Crippen LogP contribution in [0.1, 0.15) is 24.0 Å². The van der Waals surface area contributed by atoms with Gasteiger partial charge in [-0.2, -0.15) is 0 Å². The van der Waals surface area contributed by atoms with Crippen LogP contribution in [0.4, 0.5) is 4.39 Å². The van der Waals surface area contributed by atoms with Crippen molar-refractivity contribution in [3.05, 3.63) is 29.1 Å². The summed E-state index contributed by atoms with van der Waals surface area (Å²) in [6.07, 6.45) is 0.557. The molecule has 0 amide bonds. The Morgan fingerprint density at radius 1 is 1.56 bits per heavy atom. The van der Waals surface area contributed by atoms with Crippen molar-refractivity contribution >= 4 is 5.97 Å². The maximum absolute atomic E-state index is 13.3. The van der Waals surface area contributed by atoms with Crippen LogP contribution in [0.5, 0.6) is 5.75 Å². The quantitative estimate of drug-likeness (QED) is 0.722. The van der Waals surface area contributed by atoms with Crippen molar-refractivity contribution in [2.45, 2.75) is 19.3 Å². The average molecular weight is 227 g/mol. The summed E-state index contributed by atoms with van der Waals surface area (Å²) in [7, 11) is 0. The molecule has 1 unspecified atom stereocenters. The largest absolute Gasteiger partial charge is 0.505 e. The van der Waals surface area contributed by atoms with Crippen LogP contribution in [0.3, 0.4) is 0 Å². The molecule has 0 heterocycles. The van der Waals surface area contributed by atoms with E-state index in [4.69, 9.17) is 10.8 Å². The number of aromatic hydroxyl groups is 1. The van der Waals surface area contributed by atoms with Gasteiger partial charge in [0.2, 0.25) is 0 Å². The van der Waals surface area contributed by atoms with E-state index in [-0.39, 0.29) is 12.1 Å². The van der Waals surface area contributed by atoms with Gasteiger partial charge < -0.3 is 15.9 Å². The molecule has 0 bridgehead atoms. The number of phenolic OH excluding ortho intramolecular Hbond substituents is 1. The Kier molecular flexibility index (Phi) is 3.84. The Morgan fingerprint density at radius 2 is 2.19 bits per heavy atom. The van der Waals surface area contributed by atoms with E-state index in [9.17, 15) is 14.3 Å². The number of aliphatic carboxylic acids is 1. The zero-order valence-electron chi connectivity index (χ0n) is 8.90. The Labute approximate surface area is 92.5 Å². The lowest BCUT2D eigenvalue weighted by Gasteiger charge is -2.13. The van der Waals surface area contributed by atoms with E-state index in [1.165, 1.54) is 12.1 Å². The second-order valence-electron chi connectivity index (χ2n) is 3.50. The van der Waals surface area contributed by atoms with Crippen LogP contribution < -0.4 is 5.73 Å². The van der Waals surface area contributed by atoms with Gasteiger partial charge in [0.15, 0.2) is 11.6 Å². The standard InChI is InChI=1S/C11H14FNO3/c1-2-6-3-7(8(5-13)11(15)16)10(14)9(12)4-6/h3-4,8,14H,2,5,13H2,1H3,(H,15,16). The van der Waals surface area contributed by atoms with Gasteiger partial charge in [0.1, 0.15) is 0 Å². The van der Waals surface area contributed by atoms with Crippen LogP contribution in [0.2, 0.25) is 0 Å². The monoisotopic (exact) mass is 227 g/mol. The van der Waals surface area contributed by atoms with E-state index in [1.54, 1.807) is 0 Å². The van der Waals surface area contributed by atoms with Crippen molar-refractivity contribution in [3.63, 3.8) is 0 Å². The fraction of sp³-hybridized carbons (Fsp3) is 0.364. The van der Waals surface area contributed by atoms with Gasteiger partial charge in [-0.15, -0.1) is 0 Å². The molecule has 0 radical (unpaired) electrons. The van der Waals surface area contributed by atoms with Crippen LogP contribution in [0.25, 0.3) is 0 Å². The second kappa shape index (κ2) is 4.94. The average Bonchev–Trinajstić information content (AvgIpc) is 2.24. The zero-order valence-corrected chi connectivity index (χ0v) is 8.90. The van der Waals surface area contributed by atoms with Gasteiger partial charge in [-0.3, -0.25) is 4.79 Å². The number of carboxylic acid groups (broad SMARTS) is 1. The normalized spacial score (nSPS) is 12.4. The molecule has 0 fully saturated rings. The molecule has 0 saturated heterocycles. The Hall–Kier alpha value is -1.62. The van der Waals surface area contributed by atoms with Crippen molar-refractivity contribution in [1.29, 1.82) is 0 Å². The van der Waals surface area contributed by atoms with Crippen molar-refractivity contribution in [2.75, 3.05) is 6.54 Å². The number of nitrogens with two attached hydrogens (primary N) is 1. The summed E-state index contributed by atoms with van der Waals surface area (Å²) in [5.74, 6) is -3.70. The highest BCUT2D eigenvalue weighted by Crippen LogP contribution is 2.29. The molecule has 88 valence electrons. The van der Waals surface area contributed by atoms with Crippen molar-refractivity contribution in [2.24, 2.45) is 5.73 Å². The highest BCUT2D eigenvalue weighted by Gasteiger charge is 2.23. The molecule has 0 aromatic heterocycles. The van der Waals surface area contributed by atoms with Gasteiger partial charge >= 0.3 is 5.97 Å². The van der Waals surface area contributed by atoms with E-state index < -0.39 is 23.5 Å². The number of phenols is 1. The molecule has 0 aliphatic carbocycles. The van der Waals surface area contributed by atoms with E-state index in [0.29, 0.717) is 12.0 Å². The molecule has 0 aliphatic heterocycles. The molecule has 4 nitrogen and oxygen atoms in total. The first kappa shape index (κ1) is 12.4. The fourth-order valence-electron chi connectivity index (χ4n) is 1.51. The first-order valence-electron chi connectivity index (χ1n) is 4.95. The number of aryl methyl sites for hydroxylation is 1. The van der Waals surface area contributed by atoms with E-state index in [2.05, 4.69) is 0 Å². The fourth-order valence-corrected chi connectivity index (χ4v) is 1.51. The maximum Gasteiger partial charge on any atom is 0.312 e. The highest BCUT2D eigenvalue weighted by molar-refractivity contribution is 5.77. The summed E-state index contributed by atoms with van der Waals surface area (Å²) in [5, 5.41) is 18.4. The maximum atomic E-state index is 13.3. The summed E-state index contributed by atoms with van der Waals surface area (Å²) in [5.41, 5.74) is 5.97. The molecule has 4 N–H and O–H groups in total. The smallest absolute Gasteiger partial charge is 0.312 e. The van der Waals surface area contributed by atoms with Crippen LogP contribution in [0, 0.1) is 5.82 Å². The van der Waals surface area contributed by atoms with Crippen LogP contribution in [0.15, 0.2) is 12.1 Å². The predicted octanol–water partition coefficient (Wildman–Crippen LogP) is 1.22. The minimum Gasteiger partial charge on any atom is -0.505 e. The Morgan fingerprint density at radius 3 is 2.62 bits per heavy atom. The summed E-state index contributed by atoms with van der Waals surface area (Å²) in [4.78, 5) is 10.9. The number of hydrogen-bond acceptors (Lipinski definition) is 3. The molecule has 1 aromatic carbocycles. The molecular formula is C11H14FNO3. The lowest BCUT2D eigenvalue weighted by Crippen LogP contribution is -2.21. The molecule has 0 saturated carbocycles. The zero-order chi connectivity index (χ0) is 12.3. The molecule has 0 spiro atoms. The van der Waals surface area contributed by atoms with E-state index in [1.807, 2.05) is 6.92 Å². The lowest BCUT2D eigenvalue weighted by atomic mass is 9.95. The van der Waals surface area contributed by atoms with Gasteiger partial charge in [0, 0.05) is 12.1 Å². The van der Waals surface area contributed by atoms with Gasteiger partial charge in [-0.1, -0.05) is 13.0 Å². The number of benzene rings is 1. The van der Waals surface area contributed by atoms with Crippen LogP contribution in [-0.2, 0) is 11.2 Å². The first-order chi connectivity index (χ1) is 7.51. The van der Waals surface area contributed by atoms with E-state index in [0.717, 1.165) is 0 Å². The summed E-state index contributed by atoms with van der Waals surface area (Å²) in [6, 6.07) is 2.67. The Bertz CT molecular complexity index is 406. The SMILES string of the molecule is CCc1cc(F)c(O)c(C(CN)C(=O)O)c1. The van der Waals surface area contributed by atoms with Gasteiger partial charge in [-0.25, -0.2) is 4.39 Å². The van der Waals surface area contributed by atoms with Gasteiger partial charge in [-0.05, 0) is 18.1 Å². The molecule has 1 atom stereocenters. The van der Waals surface area contributed by atoms with Crippen LogP contribution >= 0.6 is 0 Å². The first-order valence-corrected chi connectivity index (χ1v) is 4.95. The third-order valence-corrected chi connectivity index (χ3v) is 2.47. The summed E-state index contributed by atoms with van der Waals surface area (Å²) < 4.78 is 13.3. The van der Waals surface area contributed by atoms with Crippen molar-refractivity contribution in [1.82, 2.24) is 0 Å². The highest BCUT2D eigenvalue weighted by atomic mass is 19.1. The van der Waals surface area contributed by atoms with Crippen molar-refractivity contribution in [3.8, 4) is 5.75 Å². The molecule has 0 aliphatic rings. The summed E-state index contributed by atoms with van der Waals surface area (Å²) >= 11 is 0.